The molecule has 0 nitrogen and oxygen atoms in total. The van der Waals surface area contributed by atoms with Gasteiger partial charge in [0.05, 0.1) is 0 Å². The molecule has 0 amide bonds. The topological polar surface area (TPSA) is 0 Å². The van der Waals surface area contributed by atoms with E-state index in [1.165, 1.54) is 57.8 Å². The lowest BCUT2D eigenvalue weighted by Gasteiger charge is -2.45. The van der Waals surface area contributed by atoms with Crippen LogP contribution in [-0.2, 0) is 19.0 Å². The third-order valence-electron chi connectivity index (χ3n) is 8.59. The van der Waals surface area contributed by atoms with Crippen LogP contribution in [-0.4, -0.2) is 0 Å². The smallest absolute Gasteiger partial charge is 0.206 e. The molecule has 0 aliphatic heterocycles. The summed E-state index contributed by atoms with van der Waals surface area (Å²) in [6, 6.07) is 0.959. The lowest BCUT2D eigenvalue weighted by molar-refractivity contribution is -0.142. The van der Waals surface area contributed by atoms with Gasteiger partial charge >= 0.3 is 6.18 Å². The molecule has 174 valence electrons. The van der Waals surface area contributed by atoms with Gasteiger partial charge in [0.1, 0.15) is 17.2 Å². The quantitative estimate of drug-likeness (QED) is 0.317. The highest BCUT2D eigenvalue weighted by Gasteiger charge is 2.42. The van der Waals surface area contributed by atoms with E-state index in [4.69, 9.17) is 0 Å². The Kier molecular flexibility index (Phi) is 6.98. The van der Waals surface area contributed by atoms with E-state index in [-0.39, 0.29) is 5.56 Å². The number of fused-ring (bicyclic) bond motifs is 2. The third kappa shape index (κ3) is 4.95. The molecule has 5 unspecified atom stereocenters. The largest absolute Gasteiger partial charge is 0.422 e. The number of hydrogen-bond donors (Lipinski definition) is 0. The highest BCUT2D eigenvalue weighted by atomic mass is 19.4. The first-order valence-electron chi connectivity index (χ1n) is 12.3. The summed E-state index contributed by atoms with van der Waals surface area (Å²) in [5.41, 5.74) is -1.17. The van der Waals surface area contributed by atoms with Crippen molar-refractivity contribution in [1.82, 2.24) is 0 Å². The van der Waals surface area contributed by atoms with E-state index in [1.807, 2.05) is 0 Å². The standard InChI is InChI=1S/C26H35F5/c1-2-3-4-5-16-6-7-18-13-19(9-8-17(18)12-16)20-10-11-22-21(14-20)15-23(27)24(25(22)28)26(29,30)31/h15-20H,2-14H2,1H3. The molecule has 4 rings (SSSR count). The molecule has 2 fully saturated rings. The fraction of sp³-hybridized carbons (Fsp3) is 0.769. The van der Waals surface area contributed by atoms with Gasteiger partial charge in [-0.15, -0.1) is 0 Å². The van der Waals surface area contributed by atoms with Crippen LogP contribution in [0.5, 0.6) is 0 Å². The van der Waals surface area contributed by atoms with Gasteiger partial charge in [-0.2, -0.15) is 13.2 Å². The van der Waals surface area contributed by atoms with Gasteiger partial charge in [-0.25, -0.2) is 8.78 Å². The molecule has 0 saturated heterocycles. The molecule has 0 spiro atoms. The fourth-order valence-electron chi connectivity index (χ4n) is 6.93. The van der Waals surface area contributed by atoms with Crippen LogP contribution in [0.25, 0.3) is 0 Å². The zero-order valence-electron chi connectivity index (χ0n) is 18.5. The first-order chi connectivity index (χ1) is 14.8. The lowest BCUT2D eigenvalue weighted by Crippen LogP contribution is -2.35. The van der Waals surface area contributed by atoms with Crippen LogP contribution in [0.3, 0.4) is 0 Å². The SMILES string of the molecule is CCCCCC1CCC2CC(C3CCc4c(cc(F)c(C(F)(F)F)c4F)C3)CCC2C1. The van der Waals surface area contributed by atoms with Gasteiger partial charge in [-0.3, -0.25) is 0 Å². The zero-order valence-corrected chi connectivity index (χ0v) is 18.5. The van der Waals surface area contributed by atoms with Crippen LogP contribution in [0.1, 0.15) is 94.2 Å². The minimum atomic E-state index is -4.99. The van der Waals surface area contributed by atoms with Gasteiger partial charge in [0.15, 0.2) is 0 Å². The Morgan fingerprint density at radius 2 is 1.55 bits per heavy atom. The summed E-state index contributed by atoms with van der Waals surface area (Å²) in [6.45, 7) is 2.25. The van der Waals surface area contributed by atoms with Crippen molar-refractivity contribution >= 4 is 0 Å². The molecular weight excluding hydrogens is 407 g/mol. The van der Waals surface area contributed by atoms with Gasteiger partial charge in [-0.1, -0.05) is 39.0 Å². The molecule has 0 N–H and O–H groups in total. The molecule has 2 saturated carbocycles. The second-order valence-corrected chi connectivity index (χ2v) is 10.5. The maximum atomic E-state index is 14.5. The Morgan fingerprint density at radius 1 is 0.871 bits per heavy atom. The van der Waals surface area contributed by atoms with E-state index >= 15 is 0 Å². The summed E-state index contributed by atoms with van der Waals surface area (Å²) in [7, 11) is 0. The van der Waals surface area contributed by atoms with Crippen molar-refractivity contribution in [1.29, 1.82) is 0 Å². The van der Waals surface area contributed by atoms with Crippen LogP contribution in [0.15, 0.2) is 6.07 Å². The normalized spacial score (nSPS) is 31.2. The second kappa shape index (κ2) is 9.39. The molecule has 3 aliphatic carbocycles. The third-order valence-corrected chi connectivity index (χ3v) is 8.59. The molecule has 1 aromatic carbocycles. The number of unbranched alkanes of at least 4 members (excludes halogenated alkanes) is 2. The van der Waals surface area contributed by atoms with Crippen molar-refractivity contribution in [3.05, 3.63) is 34.4 Å². The number of rotatable bonds is 5. The van der Waals surface area contributed by atoms with E-state index in [9.17, 15) is 22.0 Å². The van der Waals surface area contributed by atoms with Crippen molar-refractivity contribution in [3.63, 3.8) is 0 Å². The van der Waals surface area contributed by atoms with Crippen molar-refractivity contribution in [2.24, 2.45) is 29.6 Å². The molecule has 0 bridgehead atoms. The van der Waals surface area contributed by atoms with E-state index in [1.54, 1.807) is 0 Å². The lowest BCUT2D eigenvalue weighted by atomic mass is 9.60. The Balaban J connectivity index is 1.38. The van der Waals surface area contributed by atoms with E-state index < -0.39 is 23.4 Å². The van der Waals surface area contributed by atoms with Crippen LogP contribution < -0.4 is 0 Å². The first kappa shape index (κ1) is 23.0. The number of halogens is 5. The number of hydrogen-bond acceptors (Lipinski definition) is 0. The summed E-state index contributed by atoms with van der Waals surface area (Å²) in [4.78, 5) is 0. The molecule has 0 heterocycles. The maximum Gasteiger partial charge on any atom is 0.422 e. The van der Waals surface area contributed by atoms with Crippen molar-refractivity contribution in [3.8, 4) is 0 Å². The van der Waals surface area contributed by atoms with Crippen molar-refractivity contribution in [2.45, 2.75) is 96.6 Å². The minimum Gasteiger partial charge on any atom is -0.206 e. The Labute approximate surface area is 183 Å². The molecule has 0 radical (unpaired) electrons. The van der Waals surface area contributed by atoms with E-state index in [0.29, 0.717) is 36.7 Å². The molecule has 5 atom stereocenters. The Morgan fingerprint density at radius 3 is 2.26 bits per heavy atom. The summed E-state index contributed by atoms with van der Waals surface area (Å²) in [5.74, 6) is 0.520. The average Bonchev–Trinajstić information content (AvgIpc) is 2.72. The van der Waals surface area contributed by atoms with Crippen LogP contribution >= 0.6 is 0 Å². The van der Waals surface area contributed by atoms with Gasteiger partial charge < -0.3 is 0 Å². The van der Waals surface area contributed by atoms with Crippen LogP contribution in [0, 0.1) is 41.2 Å². The van der Waals surface area contributed by atoms with E-state index in [2.05, 4.69) is 6.92 Å². The minimum absolute atomic E-state index is 0.0891. The van der Waals surface area contributed by atoms with Gasteiger partial charge in [0.2, 0.25) is 0 Å². The molecule has 5 heteroatoms. The van der Waals surface area contributed by atoms with Crippen LogP contribution in [0.2, 0.25) is 0 Å². The maximum absolute atomic E-state index is 14.5. The summed E-state index contributed by atoms with van der Waals surface area (Å²) < 4.78 is 67.7. The second-order valence-electron chi connectivity index (χ2n) is 10.5. The van der Waals surface area contributed by atoms with Gasteiger partial charge in [-0.05, 0) is 98.1 Å². The molecule has 31 heavy (non-hydrogen) atoms. The highest BCUT2D eigenvalue weighted by Crippen LogP contribution is 2.49. The predicted molar refractivity (Wildman–Crippen MR) is 113 cm³/mol. The highest BCUT2D eigenvalue weighted by molar-refractivity contribution is 5.38. The Hall–Kier alpha value is -1.13. The van der Waals surface area contributed by atoms with Gasteiger partial charge in [0.25, 0.3) is 0 Å². The summed E-state index contributed by atoms with van der Waals surface area (Å²) >= 11 is 0. The molecule has 0 aromatic heterocycles. The van der Waals surface area contributed by atoms with E-state index in [0.717, 1.165) is 30.2 Å². The van der Waals surface area contributed by atoms with Crippen molar-refractivity contribution < 1.29 is 22.0 Å². The molecule has 1 aromatic rings. The molecular formula is C26H35F5. The van der Waals surface area contributed by atoms with Gasteiger partial charge in [0, 0.05) is 0 Å². The summed E-state index contributed by atoms with van der Waals surface area (Å²) in [6.07, 6.45) is 9.47. The van der Waals surface area contributed by atoms with Crippen molar-refractivity contribution in [2.75, 3.05) is 0 Å². The summed E-state index contributed by atoms with van der Waals surface area (Å²) in [5, 5.41) is 0. The number of benzene rings is 1. The monoisotopic (exact) mass is 442 g/mol. The number of alkyl halides is 3. The molecule has 3 aliphatic rings. The fourth-order valence-corrected chi connectivity index (χ4v) is 6.93. The Bertz CT molecular complexity index is 768. The van der Waals surface area contributed by atoms with Crippen LogP contribution in [0.4, 0.5) is 22.0 Å². The average molecular weight is 443 g/mol. The first-order valence-corrected chi connectivity index (χ1v) is 12.3. The predicted octanol–water partition coefficient (Wildman–Crippen LogP) is 8.50. The zero-order chi connectivity index (χ0) is 22.2.